The van der Waals surface area contributed by atoms with Crippen molar-refractivity contribution in [2.75, 3.05) is 11.9 Å². The monoisotopic (exact) mass is 319 g/mol. The van der Waals surface area contributed by atoms with Gasteiger partial charge in [-0.05, 0) is 55.8 Å². The molecule has 120 valence electrons. The molecular formula is C19H17N3O2. The van der Waals surface area contributed by atoms with Gasteiger partial charge in [-0.15, -0.1) is 0 Å². The number of amides is 1. The number of anilines is 1. The molecule has 0 aliphatic carbocycles. The summed E-state index contributed by atoms with van der Waals surface area (Å²) in [5.41, 5.74) is 5.77. The average molecular weight is 319 g/mol. The highest BCUT2D eigenvalue weighted by Gasteiger charge is 2.14. The molecule has 24 heavy (non-hydrogen) atoms. The van der Waals surface area contributed by atoms with Crippen LogP contribution in [0.25, 0.3) is 11.0 Å². The van der Waals surface area contributed by atoms with Crippen LogP contribution in [0.4, 0.5) is 5.69 Å². The smallest absolute Gasteiger partial charge is 0.255 e. The molecule has 1 aliphatic rings. The maximum absolute atomic E-state index is 12.5. The van der Waals surface area contributed by atoms with Gasteiger partial charge in [-0.3, -0.25) is 4.79 Å². The average Bonchev–Trinajstić information content (AvgIpc) is 3.03. The zero-order valence-electron chi connectivity index (χ0n) is 13.6. The zero-order valence-corrected chi connectivity index (χ0v) is 13.6. The quantitative estimate of drug-likeness (QED) is 0.786. The molecule has 0 unspecified atom stereocenters. The summed E-state index contributed by atoms with van der Waals surface area (Å²) in [6.45, 7) is 4.55. The van der Waals surface area contributed by atoms with Crippen LogP contribution < -0.4 is 10.1 Å². The summed E-state index contributed by atoms with van der Waals surface area (Å²) in [4.78, 5) is 21.5. The third-order valence-electron chi connectivity index (χ3n) is 4.28. The number of aryl methyl sites for hydroxylation is 2. The Bertz CT molecular complexity index is 966. The number of nitrogens with zero attached hydrogens (tertiary/aromatic N) is 2. The van der Waals surface area contributed by atoms with Crippen LogP contribution in [-0.4, -0.2) is 22.5 Å². The molecule has 3 aromatic rings. The van der Waals surface area contributed by atoms with E-state index in [9.17, 15) is 4.79 Å². The summed E-state index contributed by atoms with van der Waals surface area (Å²) < 4.78 is 5.48. The summed E-state index contributed by atoms with van der Waals surface area (Å²) in [7, 11) is 0. The van der Waals surface area contributed by atoms with Gasteiger partial charge in [0.2, 0.25) is 0 Å². The topological polar surface area (TPSA) is 64.1 Å². The fourth-order valence-corrected chi connectivity index (χ4v) is 2.84. The van der Waals surface area contributed by atoms with Crippen LogP contribution in [0.3, 0.4) is 0 Å². The number of carbonyl (C=O) groups excluding carboxylic acids is 1. The summed E-state index contributed by atoms with van der Waals surface area (Å²) in [5.74, 6) is 0.746. The number of ether oxygens (including phenoxy) is 1. The number of fused-ring (bicyclic) bond motifs is 2. The van der Waals surface area contributed by atoms with E-state index in [2.05, 4.69) is 15.3 Å². The van der Waals surface area contributed by atoms with Crippen LogP contribution in [0.1, 0.15) is 27.3 Å². The lowest BCUT2D eigenvalue weighted by molar-refractivity contribution is 0.102. The first-order valence-electron chi connectivity index (χ1n) is 7.92. The summed E-state index contributed by atoms with van der Waals surface area (Å²) in [6, 6.07) is 11.1. The Morgan fingerprint density at radius 1 is 1.04 bits per heavy atom. The van der Waals surface area contributed by atoms with Crippen molar-refractivity contribution < 1.29 is 9.53 Å². The molecule has 0 atom stereocenters. The number of aromatic nitrogens is 2. The summed E-state index contributed by atoms with van der Waals surface area (Å²) in [6.07, 6.45) is 0.878. The SMILES string of the molecule is Cc1nc2ccc(C(=O)Nc3ccc4c(c3)CCO4)cc2nc1C. The normalized spacial score (nSPS) is 12.8. The van der Waals surface area contributed by atoms with Gasteiger partial charge in [-0.2, -0.15) is 0 Å². The second-order valence-electron chi connectivity index (χ2n) is 5.97. The predicted molar refractivity (Wildman–Crippen MR) is 92.6 cm³/mol. The summed E-state index contributed by atoms with van der Waals surface area (Å²) >= 11 is 0. The highest BCUT2D eigenvalue weighted by Crippen LogP contribution is 2.28. The first-order chi connectivity index (χ1) is 11.6. The first kappa shape index (κ1) is 14.6. The maximum atomic E-state index is 12.5. The Balaban J connectivity index is 1.62. The van der Waals surface area contributed by atoms with E-state index in [-0.39, 0.29) is 5.91 Å². The third-order valence-corrected chi connectivity index (χ3v) is 4.28. The van der Waals surface area contributed by atoms with E-state index in [4.69, 9.17) is 4.74 Å². The van der Waals surface area contributed by atoms with Crippen LogP contribution in [-0.2, 0) is 6.42 Å². The Kier molecular flexibility index (Phi) is 3.41. The predicted octanol–water partition coefficient (Wildman–Crippen LogP) is 3.43. The van der Waals surface area contributed by atoms with E-state index >= 15 is 0 Å². The third kappa shape index (κ3) is 2.58. The number of carbonyl (C=O) groups is 1. The van der Waals surface area contributed by atoms with Crippen molar-refractivity contribution >= 4 is 22.6 Å². The Hall–Kier alpha value is -2.95. The highest BCUT2D eigenvalue weighted by molar-refractivity contribution is 6.06. The van der Waals surface area contributed by atoms with Crippen LogP contribution >= 0.6 is 0 Å². The Morgan fingerprint density at radius 3 is 2.67 bits per heavy atom. The van der Waals surface area contributed by atoms with Crippen LogP contribution in [0.15, 0.2) is 36.4 Å². The van der Waals surface area contributed by atoms with E-state index in [1.807, 2.05) is 38.1 Å². The minimum atomic E-state index is -0.157. The minimum Gasteiger partial charge on any atom is -0.493 e. The lowest BCUT2D eigenvalue weighted by atomic mass is 10.1. The maximum Gasteiger partial charge on any atom is 0.255 e. The molecule has 0 spiro atoms. The molecule has 2 heterocycles. The van der Waals surface area contributed by atoms with E-state index < -0.39 is 0 Å². The van der Waals surface area contributed by atoms with Gasteiger partial charge < -0.3 is 10.1 Å². The second-order valence-corrected chi connectivity index (χ2v) is 5.97. The molecule has 0 saturated heterocycles. The molecule has 1 aromatic heterocycles. The number of rotatable bonds is 2. The Morgan fingerprint density at radius 2 is 1.83 bits per heavy atom. The largest absolute Gasteiger partial charge is 0.493 e. The summed E-state index contributed by atoms with van der Waals surface area (Å²) in [5, 5.41) is 2.94. The highest BCUT2D eigenvalue weighted by atomic mass is 16.5. The fourth-order valence-electron chi connectivity index (χ4n) is 2.84. The van der Waals surface area contributed by atoms with Gasteiger partial charge in [0.15, 0.2) is 0 Å². The van der Waals surface area contributed by atoms with Crippen molar-refractivity contribution in [3.05, 3.63) is 58.9 Å². The van der Waals surface area contributed by atoms with Crippen molar-refractivity contribution in [1.82, 2.24) is 9.97 Å². The van der Waals surface area contributed by atoms with E-state index in [1.165, 1.54) is 0 Å². The van der Waals surface area contributed by atoms with Crippen LogP contribution in [0.2, 0.25) is 0 Å². The van der Waals surface area contributed by atoms with Gasteiger partial charge in [0.25, 0.3) is 5.91 Å². The molecule has 0 fully saturated rings. The van der Waals surface area contributed by atoms with Gasteiger partial charge in [-0.1, -0.05) is 0 Å². The molecule has 0 bridgehead atoms. The lowest BCUT2D eigenvalue weighted by Crippen LogP contribution is -2.12. The molecule has 4 rings (SSSR count). The number of hydrogen-bond acceptors (Lipinski definition) is 4. The molecule has 1 N–H and O–H groups in total. The van der Waals surface area contributed by atoms with Gasteiger partial charge in [0.1, 0.15) is 5.75 Å². The van der Waals surface area contributed by atoms with Gasteiger partial charge >= 0.3 is 0 Å². The Labute approximate surface area is 139 Å². The van der Waals surface area contributed by atoms with Gasteiger partial charge in [0, 0.05) is 17.7 Å². The van der Waals surface area contributed by atoms with Gasteiger partial charge in [0.05, 0.1) is 29.0 Å². The number of benzene rings is 2. The lowest BCUT2D eigenvalue weighted by Gasteiger charge is -2.08. The van der Waals surface area contributed by atoms with E-state index in [0.29, 0.717) is 12.2 Å². The van der Waals surface area contributed by atoms with Crippen molar-refractivity contribution in [3.63, 3.8) is 0 Å². The molecule has 0 saturated carbocycles. The molecule has 5 nitrogen and oxygen atoms in total. The minimum absolute atomic E-state index is 0.157. The zero-order chi connectivity index (χ0) is 16.7. The molecule has 5 heteroatoms. The number of hydrogen-bond donors (Lipinski definition) is 1. The molecule has 1 aliphatic heterocycles. The van der Waals surface area contributed by atoms with Crippen LogP contribution in [0.5, 0.6) is 5.75 Å². The number of nitrogens with one attached hydrogen (secondary N) is 1. The fraction of sp³-hybridized carbons (Fsp3) is 0.211. The molecule has 0 radical (unpaired) electrons. The van der Waals surface area contributed by atoms with Crippen molar-refractivity contribution in [1.29, 1.82) is 0 Å². The van der Waals surface area contributed by atoms with Crippen molar-refractivity contribution in [2.24, 2.45) is 0 Å². The van der Waals surface area contributed by atoms with E-state index in [0.717, 1.165) is 45.8 Å². The molecular weight excluding hydrogens is 302 g/mol. The van der Waals surface area contributed by atoms with Crippen LogP contribution in [0, 0.1) is 13.8 Å². The second kappa shape index (κ2) is 5.60. The van der Waals surface area contributed by atoms with E-state index in [1.54, 1.807) is 12.1 Å². The standard InChI is InChI=1S/C19H17N3O2/c1-11-12(2)21-17-10-14(3-5-16(17)20-11)19(23)22-15-4-6-18-13(9-15)7-8-24-18/h3-6,9-10H,7-8H2,1-2H3,(H,22,23). The molecule has 2 aromatic carbocycles. The first-order valence-corrected chi connectivity index (χ1v) is 7.92. The van der Waals surface area contributed by atoms with Gasteiger partial charge in [-0.25, -0.2) is 9.97 Å². The van der Waals surface area contributed by atoms with Crippen molar-refractivity contribution in [3.8, 4) is 5.75 Å². The molecule has 1 amide bonds. The van der Waals surface area contributed by atoms with Crippen molar-refractivity contribution in [2.45, 2.75) is 20.3 Å².